The van der Waals surface area contributed by atoms with E-state index in [0.29, 0.717) is 5.70 Å². The number of nitrogens with zero attached hydrogens (tertiary/aromatic N) is 2. The molecule has 3 nitrogen and oxygen atoms in total. The number of hydrogen-bond donors (Lipinski definition) is 1. The van der Waals surface area contributed by atoms with Gasteiger partial charge in [0.15, 0.2) is 0 Å². The van der Waals surface area contributed by atoms with Crippen molar-refractivity contribution in [3.63, 3.8) is 0 Å². The van der Waals surface area contributed by atoms with Crippen molar-refractivity contribution in [1.82, 2.24) is 4.98 Å². The monoisotopic (exact) mass is 301 g/mol. The zero-order chi connectivity index (χ0) is 15.1. The number of piperidine rings is 1. The van der Waals surface area contributed by atoms with Crippen LogP contribution in [-0.2, 0) is 0 Å². The van der Waals surface area contributed by atoms with E-state index in [1.54, 1.807) is 11.8 Å². The molecule has 2 rings (SSSR count). The molecule has 0 spiro atoms. The Labute approximate surface area is 132 Å². The minimum Gasteiger partial charge on any atom is -0.391 e. The largest absolute Gasteiger partial charge is 0.391 e. The summed E-state index contributed by atoms with van der Waals surface area (Å²) >= 11 is 1.66. The molecule has 2 heterocycles. The van der Waals surface area contributed by atoms with E-state index in [1.165, 1.54) is 12.8 Å². The van der Waals surface area contributed by atoms with Gasteiger partial charge in [0.2, 0.25) is 0 Å². The fraction of sp³-hybridized carbons (Fsp3) is 0.471. The Kier molecular flexibility index (Phi) is 6.01. The molecule has 1 fully saturated rings. The molecule has 0 aliphatic carbocycles. The molecule has 112 valence electrons. The zero-order valence-electron chi connectivity index (χ0n) is 12.8. The van der Waals surface area contributed by atoms with Crippen molar-refractivity contribution in [2.75, 3.05) is 23.7 Å². The molecule has 0 radical (unpaired) electrons. The third-order valence-electron chi connectivity index (χ3n) is 3.58. The summed E-state index contributed by atoms with van der Waals surface area (Å²) in [7, 11) is 0. The van der Waals surface area contributed by atoms with Crippen LogP contribution in [-0.4, -0.2) is 23.8 Å². The van der Waals surface area contributed by atoms with Crippen LogP contribution in [0.3, 0.4) is 0 Å². The van der Waals surface area contributed by atoms with Crippen molar-refractivity contribution in [2.24, 2.45) is 11.7 Å². The lowest BCUT2D eigenvalue weighted by atomic mass is 9.99. The molecule has 1 aromatic rings. The Morgan fingerprint density at radius 3 is 2.86 bits per heavy atom. The lowest BCUT2D eigenvalue weighted by Crippen LogP contribution is -2.33. The minimum absolute atomic E-state index is 0.607. The first-order chi connectivity index (χ1) is 10.2. The van der Waals surface area contributed by atoms with Crippen LogP contribution in [0.15, 0.2) is 29.4 Å². The van der Waals surface area contributed by atoms with Gasteiger partial charge in [-0.05, 0) is 42.6 Å². The van der Waals surface area contributed by atoms with Crippen LogP contribution in [0, 0.1) is 17.8 Å². The first-order valence-corrected chi connectivity index (χ1v) is 8.54. The van der Waals surface area contributed by atoms with Crippen molar-refractivity contribution >= 4 is 17.6 Å². The number of rotatable bonds is 3. The van der Waals surface area contributed by atoms with Gasteiger partial charge in [-0.15, -0.1) is 11.8 Å². The molecule has 21 heavy (non-hydrogen) atoms. The Morgan fingerprint density at radius 1 is 1.48 bits per heavy atom. The van der Waals surface area contributed by atoms with Crippen LogP contribution in [0.5, 0.6) is 0 Å². The fourth-order valence-corrected chi connectivity index (χ4v) is 2.64. The number of thioether (sulfide) groups is 1. The van der Waals surface area contributed by atoms with Crippen molar-refractivity contribution in [2.45, 2.75) is 26.7 Å². The topological polar surface area (TPSA) is 42.1 Å². The maximum Gasteiger partial charge on any atom is 0.128 e. The summed E-state index contributed by atoms with van der Waals surface area (Å²) < 4.78 is 0. The third-order valence-corrected chi connectivity index (χ3v) is 4.34. The van der Waals surface area contributed by atoms with Gasteiger partial charge < -0.3 is 10.6 Å². The van der Waals surface area contributed by atoms with Gasteiger partial charge in [0.25, 0.3) is 0 Å². The van der Waals surface area contributed by atoms with Gasteiger partial charge in [-0.1, -0.05) is 19.8 Å². The molecule has 2 N–H and O–H groups in total. The van der Waals surface area contributed by atoms with Crippen LogP contribution in [0.1, 0.15) is 32.3 Å². The van der Waals surface area contributed by atoms with Crippen LogP contribution >= 0.6 is 11.8 Å². The van der Waals surface area contributed by atoms with Crippen molar-refractivity contribution in [3.8, 4) is 11.8 Å². The maximum absolute atomic E-state index is 5.81. The van der Waals surface area contributed by atoms with E-state index in [-0.39, 0.29) is 0 Å². The van der Waals surface area contributed by atoms with Crippen molar-refractivity contribution in [1.29, 1.82) is 0 Å². The molecule has 1 aromatic heterocycles. The summed E-state index contributed by atoms with van der Waals surface area (Å²) in [5.41, 5.74) is 7.32. The van der Waals surface area contributed by atoms with E-state index in [4.69, 9.17) is 5.73 Å². The highest BCUT2D eigenvalue weighted by Crippen LogP contribution is 2.21. The predicted octanol–water partition coefficient (Wildman–Crippen LogP) is 3.22. The maximum atomic E-state index is 5.81. The van der Waals surface area contributed by atoms with Gasteiger partial charge in [-0.2, -0.15) is 0 Å². The van der Waals surface area contributed by atoms with Gasteiger partial charge in [0.1, 0.15) is 5.82 Å². The van der Waals surface area contributed by atoms with Gasteiger partial charge >= 0.3 is 0 Å². The number of nitrogens with two attached hydrogens (primary N) is 1. The predicted molar refractivity (Wildman–Crippen MR) is 92.1 cm³/mol. The lowest BCUT2D eigenvalue weighted by Gasteiger charge is -2.31. The molecular formula is C17H23N3S. The van der Waals surface area contributed by atoms with E-state index < -0.39 is 0 Å². The zero-order valence-corrected chi connectivity index (χ0v) is 13.6. The average molecular weight is 301 g/mol. The molecule has 1 saturated heterocycles. The highest BCUT2D eigenvalue weighted by Gasteiger charge is 2.16. The van der Waals surface area contributed by atoms with E-state index in [0.717, 1.165) is 36.1 Å². The Bertz CT molecular complexity index is 531. The highest BCUT2D eigenvalue weighted by atomic mass is 32.2. The van der Waals surface area contributed by atoms with E-state index in [1.807, 2.05) is 17.7 Å². The summed E-state index contributed by atoms with van der Waals surface area (Å²) in [6, 6.07) is 4.08. The molecule has 0 bridgehead atoms. The average Bonchev–Trinajstić information content (AvgIpc) is 2.52. The number of anilines is 1. The third kappa shape index (κ3) is 5.02. The number of hydrogen-bond acceptors (Lipinski definition) is 4. The normalized spacial score (nSPS) is 16.5. The summed E-state index contributed by atoms with van der Waals surface area (Å²) in [6.07, 6.45) is 4.33. The van der Waals surface area contributed by atoms with E-state index in [9.17, 15) is 0 Å². The smallest absolute Gasteiger partial charge is 0.128 e. The Hall–Kier alpha value is -1.60. The molecule has 1 aliphatic rings. The highest BCUT2D eigenvalue weighted by molar-refractivity contribution is 8.02. The second-order valence-electron chi connectivity index (χ2n) is 5.35. The Morgan fingerprint density at radius 2 is 2.24 bits per heavy atom. The van der Waals surface area contributed by atoms with Gasteiger partial charge in [0.05, 0.1) is 5.70 Å². The molecule has 0 aromatic carbocycles. The molecule has 0 atom stereocenters. The molecule has 0 unspecified atom stereocenters. The molecule has 0 amide bonds. The van der Waals surface area contributed by atoms with E-state index in [2.05, 4.69) is 41.6 Å². The second-order valence-corrected chi connectivity index (χ2v) is 6.50. The van der Waals surface area contributed by atoms with Crippen LogP contribution in [0.2, 0.25) is 0 Å². The number of allylic oxidation sites excluding steroid dienone is 1. The molecule has 1 aliphatic heterocycles. The van der Waals surface area contributed by atoms with Crippen LogP contribution in [0.25, 0.3) is 0 Å². The molecule has 0 saturated carbocycles. The lowest BCUT2D eigenvalue weighted by molar-refractivity contribution is 0.436. The fourth-order valence-electron chi connectivity index (χ4n) is 2.23. The van der Waals surface area contributed by atoms with Gasteiger partial charge in [-0.3, -0.25) is 0 Å². The minimum atomic E-state index is 0.607. The van der Waals surface area contributed by atoms with Crippen molar-refractivity contribution in [3.05, 3.63) is 35.0 Å². The second kappa shape index (κ2) is 7.99. The number of aromatic nitrogens is 1. The molecular weight excluding hydrogens is 278 g/mol. The van der Waals surface area contributed by atoms with Crippen molar-refractivity contribution < 1.29 is 0 Å². The summed E-state index contributed by atoms with van der Waals surface area (Å²) in [5.74, 6) is 8.90. The summed E-state index contributed by atoms with van der Waals surface area (Å²) in [5, 5.41) is 1.89. The SMILES string of the molecule is CCS/C=C(\N)C#Cc1ccc(N2CCC(C)CC2)nc1. The van der Waals surface area contributed by atoms with E-state index >= 15 is 0 Å². The first-order valence-electron chi connectivity index (χ1n) is 7.49. The summed E-state index contributed by atoms with van der Waals surface area (Å²) in [4.78, 5) is 6.88. The van der Waals surface area contributed by atoms with Crippen LogP contribution in [0.4, 0.5) is 5.82 Å². The quantitative estimate of drug-likeness (QED) is 0.871. The molecule has 4 heteroatoms. The summed E-state index contributed by atoms with van der Waals surface area (Å²) in [6.45, 7) is 6.61. The van der Waals surface area contributed by atoms with Gasteiger partial charge in [-0.25, -0.2) is 4.98 Å². The number of pyridine rings is 1. The van der Waals surface area contributed by atoms with Crippen LogP contribution < -0.4 is 10.6 Å². The van der Waals surface area contributed by atoms with Gasteiger partial charge in [0, 0.05) is 30.3 Å². The Balaban J connectivity index is 1.98. The first kappa shape index (κ1) is 15.8. The standard InChI is InChI=1S/C17H23N3S/c1-3-21-13-16(18)6-4-15-5-7-17(19-12-15)20-10-8-14(2)9-11-20/h5,7,12-14H,3,8-11,18H2,1-2H3/b16-13-.